The summed E-state index contributed by atoms with van der Waals surface area (Å²) in [6.45, 7) is 10.2. The Morgan fingerprint density at radius 1 is 1.46 bits per heavy atom. The van der Waals surface area contributed by atoms with E-state index < -0.39 is 0 Å². The Bertz CT molecular complexity index is 279. The molecule has 0 spiro atoms. The van der Waals surface area contributed by atoms with Crippen LogP contribution in [0.25, 0.3) is 0 Å². The lowest BCUT2D eigenvalue weighted by atomic mass is 10.1. The van der Waals surface area contributed by atoms with E-state index in [1.165, 1.54) is 0 Å². The summed E-state index contributed by atoms with van der Waals surface area (Å²) in [7, 11) is 0. The number of aromatic nitrogens is 2. The summed E-state index contributed by atoms with van der Waals surface area (Å²) in [6.07, 6.45) is 3.60. The van der Waals surface area contributed by atoms with Crippen molar-refractivity contribution in [1.29, 1.82) is 0 Å². The lowest BCUT2D eigenvalue weighted by Crippen LogP contribution is -2.03. The zero-order valence-corrected chi connectivity index (χ0v) is 8.67. The molecule has 0 saturated heterocycles. The summed E-state index contributed by atoms with van der Waals surface area (Å²) >= 11 is 0. The second-order valence-corrected chi connectivity index (χ2v) is 3.74. The maximum Gasteiger partial charge on any atom is 0.0619 e. The summed E-state index contributed by atoms with van der Waals surface area (Å²) in [5, 5.41) is 0. The molecule has 0 aliphatic heterocycles. The van der Waals surface area contributed by atoms with Crippen molar-refractivity contribution in [3.8, 4) is 0 Å². The van der Waals surface area contributed by atoms with Crippen LogP contribution in [0.3, 0.4) is 0 Å². The molecular weight excluding hydrogens is 160 g/mol. The Morgan fingerprint density at radius 3 is 2.69 bits per heavy atom. The Morgan fingerprint density at radius 2 is 2.15 bits per heavy atom. The van der Waals surface area contributed by atoms with Gasteiger partial charge in [0, 0.05) is 6.20 Å². The van der Waals surface area contributed by atoms with Gasteiger partial charge in [0.1, 0.15) is 0 Å². The van der Waals surface area contributed by atoms with Gasteiger partial charge in [0.15, 0.2) is 0 Å². The average molecular weight is 177 g/mol. The number of aryl methyl sites for hydroxylation is 1. The van der Waals surface area contributed by atoms with Crippen molar-refractivity contribution < 1.29 is 0 Å². The van der Waals surface area contributed by atoms with E-state index in [0.717, 1.165) is 29.9 Å². The van der Waals surface area contributed by atoms with Gasteiger partial charge in [-0.15, -0.1) is 0 Å². The zero-order chi connectivity index (χ0) is 9.84. The molecule has 0 N–H and O–H groups in total. The quantitative estimate of drug-likeness (QED) is 0.708. The topological polar surface area (TPSA) is 25.8 Å². The van der Waals surface area contributed by atoms with Crippen molar-refractivity contribution in [2.45, 2.75) is 33.6 Å². The molecule has 0 aliphatic carbocycles. The highest BCUT2D eigenvalue weighted by Crippen LogP contribution is 2.07. The highest BCUT2D eigenvalue weighted by molar-refractivity contribution is 5.13. The van der Waals surface area contributed by atoms with E-state index in [-0.39, 0.29) is 0 Å². The Labute approximate surface area is 80.4 Å². The first kappa shape index (κ1) is 10.2. The largest absolute Gasteiger partial charge is 0.258 e. The van der Waals surface area contributed by atoms with Gasteiger partial charge >= 0.3 is 0 Å². The number of nitrogens with zero attached hydrogens (tertiary/aromatic N) is 2. The molecule has 13 heavy (non-hydrogen) atoms. The van der Waals surface area contributed by atoms with E-state index in [2.05, 4.69) is 30.7 Å². The fourth-order valence-corrected chi connectivity index (χ4v) is 1.28. The Hall–Kier alpha value is -0.920. The summed E-state index contributed by atoms with van der Waals surface area (Å²) in [5.74, 6) is 0.634. The molecule has 2 nitrogen and oxygen atoms in total. The molecule has 1 radical (unpaired) electrons. The van der Waals surface area contributed by atoms with Gasteiger partial charge in [-0.2, -0.15) is 0 Å². The Kier molecular flexibility index (Phi) is 3.40. The molecule has 0 fully saturated rings. The van der Waals surface area contributed by atoms with Crippen molar-refractivity contribution >= 4 is 0 Å². The molecule has 0 saturated carbocycles. The molecule has 1 aromatic heterocycles. The molecule has 2 heteroatoms. The minimum Gasteiger partial charge on any atom is -0.258 e. The SMILES string of the molecule is [CH2]Cc1nc(CC(C)C)cnc1C. The van der Waals surface area contributed by atoms with Gasteiger partial charge < -0.3 is 0 Å². The first-order valence-corrected chi connectivity index (χ1v) is 4.74. The van der Waals surface area contributed by atoms with Gasteiger partial charge in [-0.3, -0.25) is 9.97 Å². The van der Waals surface area contributed by atoms with Crippen LogP contribution in [0.15, 0.2) is 6.20 Å². The molecule has 0 aliphatic rings. The predicted molar refractivity (Wildman–Crippen MR) is 54.4 cm³/mol. The van der Waals surface area contributed by atoms with E-state index in [1.807, 2.05) is 13.1 Å². The molecule has 1 aromatic rings. The minimum absolute atomic E-state index is 0.634. The van der Waals surface area contributed by atoms with Crippen LogP contribution >= 0.6 is 0 Å². The molecule has 71 valence electrons. The molecule has 0 atom stereocenters. The van der Waals surface area contributed by atoms with Crippen LogP contribution < -0.4 is 0 Å². The number of rotatable bonds is 3. The highest BCUT2D eigenvalue weighted by atomic mass is 14.8. The lowest BCUT2D eigenvalue weighted by molar-refractivity contribution is 0.630. The minimum atomic E-state index is 0.634. The van der Waals surface area contributed by atoms with Crippen LogP contribution in [0.5, 0.6) is 0 Å². The second-order valence-electron chi connectivity index (χ2n) is 3.74. The van der Waals surface area contributed by atoms with E-state index in [0.29, 0.717) is 5.92 Å². The first-order valence-electron chi connectivity index (χ1n) is 4.74. The maximum absolute atomic E-state index is 4.51. The predicted octanol–water partition coefficient (Wildman–Crippen LogP) is 2.36. The first-order chi connectivity index (χ1) is 6.13. The van der Waals surface area contributed by atoms with Crippen molar-refractivity contribution in [3.05, 3.63) is 30.2 Å². The summed E-state index contributed by atoms with van der Waals surface area (Å²) in [4.78, 5) is 8.81. The standard InChI is InChI=1S/C11H17N2/c1-5-11-9(4)12-7-10(13-11)6-8(2)3/h7-8H,1,5-6H2,2-4H3. The van der Waals surface area contributed by atoms with Gasteiger partial charge in [-0.25, -0.2) is 0 Å². The lowest BCUT2D eigenvalue weighted by Gasteiger charge is -2.06. The molecule has 0 unspecified atom stereocenters. The highest BCUT2D eigenvalue weighted by Gasteiger charge is 2.03. The van der Waals surface area contributed by atoms with Gasteiger partial charge in [0.2, 0.25) is 0 Å². The molecule has 0 aromatic carbocycles. The van der Waals surface area contributed by atoms with E-state index in [9.17, 15) is 0 Å². The van der Waals surface area contributed by atoms with Gasteiger partial charge in [0.05, 0.1) is 17.1 Å². The maximum atomic E-state index is 4.51. The summed E-state index contributed by atoms with van der Waals surface area (Å²) < 4.78 is 0. The molecular formula is C11H17N2. The van der Waals surface area contributed by atoms with E-state index in [4.69, 9.17) is 0 Å². The fraction of sp³-hybridized carbons (Fsp3) is 0.545. The van der Waals surface area contributed by atoms with Crippen LogP contribution in [-0.2, 0) is 12.8 Å². The zero-order valence-electron chi connectivity index (χ0n) is 8.67. The van der Waals surface area contributed by atoms with Crippen molar-refractivity contribution in [2.75, 3.05) is 0 Å². The molecule has 1 rings (SSSR count). The third-order valence-electron chi connectivity index (χ3n) is 1.96. The van der Waals surface area contributed by atoms with Crippen LogP contribution in [0.1, 0.15) is 30.9 Å². The second kappa shape index (κ2) is 4.35. The van der Waals surface area contributed by atoms with Gasteiger partial charge in [0.25, 0.3) is 0 Å². The van der Waals surface area contributed by atoms with Gasteiger partial charge in [-0.1, -0.05) is 13.8 Å². The number of hydrogen-bond donors (Lipinski definition) is 0. The molecule has 0 amide bonds. The average Bonchev–Trinajstić information content (AvgIpc) is 2.07. The number of hydrogen-bond acceptors (Lipinski definition) is 2. The van der Waals surface area contributed by atoms with Crippen molar-refractivity contribution in [3.63, 3.8) is 0 Å². The summed E-state index contributed by atoms with van der Waals surface area (Å²) in [6, 6.07) is 0. The van der Waals surface area contributed by atoms with Crippen LogP contribution in [0.4, 0.5) is 0 Å². The normalized spacial score (nSPS) is 10.8. The van der Waals surface area contributed by atoms with Crippen LogP contribution in [0.2, 0.25) is 0 Å². The smallest absolute Gasteiger partial charge is 0.0619 e. The van der Waals surface area contributed by atoms with Crippen LogP contribution in [0, 0.1) is 19.8 Å². The van der Waals surface area contributed by atoms with E-state index >= 15 is 0 Å². The van der Waals surface area contributed by atoms with Crippen LogP contribution in [-0.4, -0.2) is 9.97 Å². The third-order valence-corrected chi connectivity index (χ3v) is 1.96. The Balaban J connectivity index is 2.86. The summed E-state index contributed by atoms with van der Waals surface area (Å²) in [5.41, 5.74) is 3.11. The van der Waals surface area contributed by atoms with Crippen molar-refractivity contribution in [1.82, 2.24) is 9.97 Å². The molecule has 0 bridgehead atoms. The molecule has 1 heterocycles. The fourth-order valence-electron chi connectivity index (χ4n) is 1.28. The van der Waals surface area contributed by atoms with Gasteiger partial charge in [-0.05, 0) is 32.6 Å². The van der Waals surface area contributed by atoms with Crippen molar-refractivity contribution in [2.24, 2.45) is 5.92 Å². The monoisotopic (exact) mass is 177 g/mol. The third kappa shape index (κ3) is 2.79. The van der Waals surface area contributed by atoms with E-state index in [1.54, 1.807) is 0 Å².